The minimum atomic E-state index is -1.71. The Morgan fingerprint density at radius 3 is 1.64 bits per heavy atom. The molecule has 2 heteroatoms. The molecule has 1 heterocycles. The molecule has 1 aliphatic heterocycles. The fourth-order valence-corrected chi connectivity index (χ4v) is 17.9. The van der Waals surface area contributed by atoms with Crippen molar-refractivity contribution in [2.45, 2.75) is 117 Å². The zero-order valence-corrected chi connectivity index (χ0v) is 27.9. The summed E-state index contributed by atoms with van der Waals surface area (Å²) >= 11 is 0. The molecule has 7 rings (SSSR count). The van der Waals surface area contributed by atoms with Gasteiger partial charge in [-0.1, -0.05) is 89.7 Å². The van der Waals surface area contributed by atoms with Gasteiger partial charge in [0.1, 0.15) is 0 Å². The molecule has 0 amide bonds. The predicted octanol–water partition coefficient (Wildman–Crippen LogP) is 8.43. The van der Waals surface area contributed by atoms with Crippen molar-refractivity contribution in [3.63, 3.8) is 0 Å². The topological polar surface area (TPSA) is 0 Å². The van der Waals surface area contributed by atoms with E-state index in [-0.39, 0.29) is 0 Å². The van der Waals surface area contributed by atoms with Crippen LogP contribution in [0.3, 0.4) is 0 Å². The number of rotatable bonds is 3. The molecule has 4 aromatic rings. The Morgan fingerprint density at radius 1 is 0.571 bits per heavy atom. The van der Waals surface area contributed by atoms with Gasteiger partial charge in [-0.2, -0.15) is 23.2 Å². The molecule has 0 nitrogen and oxygen atoms in total. The van der Waals surface area contributed by atoms with Gasteiger partial charge in [0.05, 0.1) is 35.3 Å². The minimum absolute atomic E-state index is 0.829. The molecular formula is C40H50BP. The van der Waals surface area contributed by atoms with Crippen molar-refractivity contribution in [3.05, 3.63) is 88.5 Å². The Balaban J connectivity index is 1.69. The van der Waals surface area contributed by atoms with Crippen LogP contribution in [0.2, 0.25) is 6.82 Å². The number of hydrogen-bond acceptors (Lipinski definition) is 0. The number of hydrogen-bond donors (Lipinski definition) is 0. The van der Waals surface area contributed by atoms with Gasteiger partial charge in [0, 0.05) is 0 Å². The van der Waals surface area contributed by atoms with Gasteiger partial charge < -0.3 is 0 Å². The second-order valence-electron chi connectivity index (χ2n) is 14.8. The second-order valence-corrected chi connectivity index (χ2v) is 18.7. The lowest BCUT2D eigenvalue weighted by molar-refractivity contribution is 0.483. The van der Waals surface area contributed by atoms with Gasteiger partial charge in [0.2, 0.25) is 0 Å². The third-order valence-corrected chi connectivity index (χ3v) is 17.9. The molecule has 4 aromatic carbocycles. The van der Waals surface area contributed by atoms with E-state index < -0.39 is 13.4 Å². The molecular weight excluding hydrogens is 522 g/mol. The van der Waals surface area contributed by atoms with E-state index in [9.17, 15) is 0 Å². The van der Waals surface area contributed by atoms with Crippen LogP contribution in [0.5, 0.6) is 0 Å². The molecule has 0 N–H and O–H groups in total. The normalized spacial score (nSPS) is 22.6. The number of benzene rings is 4. The van der Waals surface area contributed by atoms with Crippen LogP contribution in [0.1, 0.15) is 92.0 Å². The van der Waals surface area contributed by atoms with Crippen LogP contribution in [0, 0.1) is 34.6 Å². The summed E-state index contributed by atoms with van der Waals surface area (Å²) in [4.78, 5) is 0. The molecule has 0 radical (unpaired) electrons. The molecule has 0 aromatic heterocycles. The van der Waals surface area contributed by atoms with Crippen LogP contribution in [-0.2, 0) is 0 Å². The van der Waals surface area contributed by atoms with E-state index in [0.29, 0.717) is 0 Å². The third kappa shape index (κ3) is 4.13. The van der Waals surface area contributed by atoms with E-state index in [1.54, 1.807) is 22.0 Å². The summed E-state index contributed by atoms with van der Waals surface area (Å²) in [6, 6.07) is 24.9. The summed E-state index contributed by atoms with van der Waals surface area (Å²) in [6.07, 6.45) is 13.1. The molecule has 2 aliphatic carbocycles. The SMILES string of the molecule is Cc1cc(C)c([B@-]2(C)c3cc4ccccc4cc3[P+](C3CCCCC3)(C3CCCCC3)c3c(C)cc(C)cc32)c(C)c1. The first kappa shape index (κ1) is 28.4. The Morgan fingerprint density at radius 2 is 1.07 bits per heavy atom. The Kier molecular flexibility index (Phi) is 7.21. The van der Waals surface area contributed by atoms with Gasteiger partial charge >= 0.3 is 0 Å². The average Bonchev–Trinajstić information content (AvgIpc) is 2.98. The fourth-order valence-electron chi connectivity index (χ4n) is 10.7. The van der Waals surface area contributed by atoms with Crippen LogP contribution in [0.25, 0.3) is 10.8 Å². The van der Waals surface area contributed by atoms with Gasteiger partial charge in [-0.3, -0.25) is 0 Å². The summed E-state index contributed by atoms with van der Waals surface area (Å²) in [5.41, 5.74) is 14.1. The highest BCUT2D eigenvalue weighted by Crippen LogP contribution is 2.71. The summed E-state index contributed by atoms with van der Waals surface area (Å²) in [7, 11) is -1.71. The minimum Gasteiger partial charge on any atom is -0.194 e. The molecule has 0 bridgehead atoms. The van der Waals surface area contributed by atoms with Gasteiger partial charge in [-0.25, -0.2) is 0 Å². The largest absolute Gasteiger partial charge is 0.194 e. The van der Waals surface area contributed by atoms with Crippen LogP contribution in [0.15, 0.2) is 60.7 Å². The van der Waals surface area contributed by atoms with E-state index in [2.05, 4.69) is 102 Å². The van der Waals surface area contributed by atoms with Crippen molar-refractivity contribution in [2.75, 3.05) is 0 Å². The Labute approximate surface area is 256 Å². The maximum atomic E-state index is 2.77. The maximum absolute atomic E-state index is 2.77. The Hall–Kier alpha value is -2.37. The summed E-state index contributed by atoms with van der Waals surface area (Å²) < 4.78 is 0. The van der Waals surface area contributed by atoms with Crippen molar-refractivity contribution in [3.8, 4) is 0 Å². The lowest BCUT2D eigenvalue weighted by atomic mass is 9.16. The quantitative estimate of drug-likeness (QED) is 0.171. The lowest BCUT2D eigenvalue weighted by Gasteiger charge is -2.55. The average molecular weight is 573 g/mol. The number of aryl methyl sites for hydroxylation is 5. The molecule has 2 saturated carbocycles. The molecule has 218 valence electrons. The van der Waals surface area contributed by atoms with E-state index in [0.717, 1.165) is 11.3 Å². The zero-order chi connectivity index (χ0) is 29.2. The van der Waals surface area contributed by atoms with Gasteiger partial charge in [0.25, 0.3) is 0 Å². The summed E-state index contributed by atoms with van der Waals surface area (Å²) in [5, 5.41) is 6.55. The molecule has 42 heavy (non-hydrogen) atoms. The highest BCUT2D eigenvalue weighted by atomic mass is 31.2. The molecule has 0 saturated heterocycles. The molecule has 3 aliphatic rings. The van der Waals surface area contributed by atoms with E-state index in [1.165, 1.54) is 97.2 Å². The van der Waals surface area contributed by atoms with Crippen molar-refractivity contribution < 1.29 is 0 Å². The molecule has 0 unspecified atom stereocenters. The van der Waals surface area contributed by atoms with Crippen molar-refractivity contribution in [2.24, 2.45) is 0 Å². The smallest absolute Gasteiger partial charge is 0.0892 e. The van der Waals surface area contributed by atoms with Crippen LogP contribution in [0.4, 0.5) is 0 Å². The van der Waals surface area contributed by atoms with Crippen molar-refractivity contribution in [1.29, 1.82) is 0 Å². The van der Waals surface area contributed by atoms with Gasteiger partial charge in [-0.05, 0) is 108 Å². The van der Waals surface area contributed by atoms with Crippen molar-refractivity contribution in [1.82, 2.24) is 0 Å². The monoisotopic (exact) mass is 572 g/mol. The first-order valence-corrected chi connectivity index (χ1v) is 19.0. The fraction of sp³-hybridized carbons (Fsp3) is 0.450. The summed E-state index contributed by atoms with van der Waals surface area (Å²) in [6.45, 7) is 14.6. The van der Waals surface area contributed by atoms with Crippen LogP contribution in [-0.4, -0.2) is 17.5 Å². The van der Waals surface area contributed by atoms with Gasteiger partial charge in [0.15, 0.2) is 0 Å². The molecule has 1 atom stereocenters. The second kappa shape index (κ2) is 10.7. The third-order valence-electron chi connectivity index (χ3n) is 12.0. The molecule has 2 fully saturated rings. The highest BCUT2D eigenvalue weighted by molar-refractivity contribution is 7.92. The molecule has 0 spiro atoms. The van der Waals surface area contributed by atoms with E-state index in [1.807, 2.05) is 10.6 Å². The van der Waals surface area contributed by atoms with Crippen LogP contribution < -0.4 is 27.0 Å². The zero-order valence-electron chi connectivity index (χ0n) is 27.0. The summed E-state index contributed by atoms with van der Waals surface area (Å²) in [5.74, 6) is 0. The van der Waals surface area contributed by atoms with E-state index in [4.69, 9.17) is 0 Å². The number of fused-ring (bicyclic) bond motifs is 3. The highest BCUT2D eigenvalue weighted by Gasteiger charge is 2.61. The van der Waals surface area contributed by atoms with E-state index >= 15 is 0 Å². The maximum Gasteiger partial charge on any atom is 0.0892 e. The lowest BCUT2D eigenvalue weighted by Crippen LogP contribution is -2.77. The Bertz CT molecular complexity index is 1630. The van der Waals surface area contributed by atoms with Crippen molar-refractivity contribution >= 4 is 51.2 Å². The predicted molar refractivity (Wildman–Crippen MR) is 191 cm³/mol. The first-order valence-electron chi connectivity index (χ1n) is 17.1. The van der Waals surface area contributed by atoms with Gasteiger partial charge in [-0.15, -0.1) is 0 Å². The standard InChI is InChI=1S/C40H50BP/c1-27-21-29(3)39(30(4)22-27)41(6)36-25-32-15-13-14-16-33(32)26-38(36)42(34-17-9-7-10-18-34,35-19-11-8-12-20-35)40-31(5)23-28(2)24-37(40)41/h13-16,21-26,34-35H,7-12,17-20H2,1-6H3/t41-/m1/s1. The first-order chi connectivity index (χ1) is 20.3. The van der Waals surface area contributed by atoms with Crippen LogP contribution >= 0.6 is 7.26 Å².